The predicted molar refractivity (Wildman–Crippen MR) is 113 cm³/mol. The van der Waals surface area contributed by atoms with E-state index < -0.39 is 0 Å². The SMILES string of the molecule is CC1CCN(c2ccc(NC(=O)CSCc3ccc(C#N)cc3)cc2)CC1. The van der Waals surface area contributed by atoms with Gasteiger partial charge < -0.3 is 10.2 Å². The lowest BCUT2D eigenvalue weighted by molar-refractivity contribution is -0.113. The Balaban J connectivity index is 1.43. The van der Waals surface area contributed by atoms with Gasteiger partial charge in [0.2, 0.25) is 5.91 Å². The maximum absolute atomic E-state index is 12.1. The van der Waals surface area contributed by atoms with E-state index in [1.54, 1.807) is 23.9 Å². The van der Waals surface area contributed by atoms with Crippen molar-refractivity contribution in [3.8, 4) is 6.07 Å². The third-order valence-corrected chi connectivity index (χ3v) is 5.89. The topological polar surface area (TPSA) is 56.1 Å². The number of hydrogen-bond donors (Lipinski definition) is 1. The number of piperidine rings is 1. The van der Waals surface area contributed by atoms with E-state index in [4.69, 9.17) is 5.26 Å². The molecule has 27 heavy (non-hydrogen) atoms. The minimum Gasteiger partial charge on any atom is -0.372 e. The standard InChI is InChI=1S/C22H25N3OS/c1-17-10-12-25(13-11-17)21-8-6-20(7-9-21)24-22(26)16-27-15-19-4-2-18(14-23)3-5-19/h2-9,17H,10-13,15-16H2,1H3,(H,24,26). The molecule has 1 heterocycles. The number of hydrogen-bond acceptors (Lipinski definition) is 4. The average Bonchev–Trinajstić information content (AvgIpc) is 2.70. The molecular formula is C22H25N3OS. The van der Waals surface area contributed by atoms with Crippen LogP contribution in [0.5, 0.6) is 0 Å². The van der Waals surface area contributed by atoms with Gasteiger partial charge in [-0.2, -0.15) is 5.26 Å². The van der Waals surface area contributed by atoms with Gasteiger partial charge in [0, 0.05) is 30.2 Å². The van der Waals surface area contributed by atoms with Gasteiger partial charge in [-0.25, -0.2) is 0 Å². The van der Waals surface area contributed by atoms with Crippen LogP contribution in [0, 0.1) is 17.2 Å². The Kier molecular flexibility index (Phi) is 6.78. The van der Waals surface area contributed by atoms with E-state index in [0.29, 0.717) is 11.3 Å². The number of nitrogens with zero attached hydrogens (tertiary/aromatic N) is 2. The smallest absolute Gasteiger partial charge is 0.234 e. The molecule has 2 aromatic carbocycles. The Labute approximate surface area is 165 Å². The second-order valence-corrected chi connectivity index (χ2v) is 8.05. The summed E-state index contributed by atoms with van der Waals surface area (Å²) >= 11 is 1.57. The molecule has 1 N–H and O–H groups in total. The van der Waals surface area contributed by atoms with Crippen molar-refractivity contribution in [2.45, 2.75) is 25.5 Å². The molecule has 1 amide bonds. The minimum absolute atomic E-state index is 0.00759. The molecule has 0 bridgehead atoms. The molecule has 1 aliphatic heterocycles. The number of amides is 1. The minimum atomic E-state index is 0.00759. The lowest BCUT2D eigenvalue weighted by Crippen LogP contribution is -2.32. The van der Waals surface area contributed by atoms with Crippen molar-refractivity contribution in [2.75, 3.05) is 29.1 Å². The third kappa shape index (κ3) is 5.77. The fourth-order valence-corrected chi connectivity index (χ4v) is 3.94. The lowest BCUT2D eigenvalue weighted by Gasteiger charge is -2.32. The van der Waals surface area contributed by atoms with Gasteiger partial charge in [-0.15, -0.1) is 11.8 Å². The van der Waals surface area contributed by atoms with Crippen LogP contribution in [0.3, 0.4) is 0 Å². The van der Waals surface area contributed by atoms with Crippen LogP contribution in [0.25, 0.3) is 0 Å². The summed E-state index contributed by atoms with van der Waals surface area (Å²) in [7, 11) is 0. The zero-order chi connectivity index (χ0) is 19.1. The molecule has 0 saturated carbocycles. The average molecular weight is 380 g/mol. The van der Waals surface area contributed by atoms with Crippen molar-refractivity contribution in [3.63, 3.8) is 0 Å². The lowest BCUT2D eigenvalue weighted by atomic mass is 9.99. The molecule has 0 atom stereocenters. The molecule has 0 aliphatic carbocycles. The van der Waals surface area contributed by atoms with Crippen molar-refractivity contribution < 1.29 is 4.79 Å². The number of nitrogens with one attached hydrogen (secondary N) is 1. The number of carbonyl (C=O) groups excluding carboxylic acids is 1. The highest BCUT2D eigenvalue weighted by atomic mass is 32.2. The Morgan fingerprint density at radius 3 is 2.44 bits per heavy atom. The maximum atomic E-state index is 12.1. The molecule has 2 aromatic rings. The Morgan fingerprint density at radius 1 is 1.15 bits per heavy atom. The van der Waals surface area contributed by atoms with Crippen molar-refractivity contribution in [1.29, 1.82) is 5.26 Å². The van der Waals surface area contributed by atoms with Crippen LogP contribution in [0.4, 0.5) is 11.4 Å². The fraction of sp³-hybridized carbons (Fsp3) is 0.364. The van der Waals surface area contributed by atoms with E-state index in [9.17, 15) is 4.79 Å². The van der Waals surface area contributed by atoms with E-state index in [2.05, 4.69) is 35.3 Å². The largest absolute Gasteiger partial charge is 0.372 e. The molecule has 0 spiro atoms. The number of thioether (sulfide) groups is 1. The van der Waals surface area contributed by atoms with Crippen molar-refractivity contribution >= 4 is 29.0 Å². The van der Waals surface area contributed by atoms with Crippen LogP contribution in [0.2, 0.25) is 0 Å². The molecule has 1 saturated heterocycles. The summed E-state index contributed by atoms with van der Waals surface area (Å²) in [6.07, 6.45) is 2.49. The van der Waals surface area contributed by atoms with Gasteiger partial charge in [-0.1, -0.05) is 19.1 Å². The van der Waals surface area contributed by atoms with E-state index in [0.717, 1.165) is 36.0 Å². The number of carbonyl (C=O) groups is 1. The zero-order valence-electron chi connectivity index (χ0n) is 15.6. The predicted octanol–water partition coefficient (Wildman–Crippen LogP) is 4.67. The molecule has 140 valence electrons. The monoisotopic (exact) mass is 379 g/mol. The third-order valence-electron chi connectivity index (χ3n) is 4.88. The van der Waals surface area contributed by atoms with Crippen LogP contribution in [-0.4, -0.2) is 24.7 Å². The highest BCUT2D eigenvalue weighted by Gasteiger charge is 2.15. The molecule has 3 rings (SSSR count). The molecule has 5 heteroatoms. The van der Waals surface area contributed by atoms with Gasteiger partial charge >= 0.3 is 0 Å². The molecule has 0 radical (unpaired) electrons. The van der Waals surface area contributed by atoms with E-state index in [1.807, 2.05) is 24.3 Å². The number of rotatable bonds is 6. The Hall–Kier alpha value is -2.45. The first kappa shape index (κ1) is 19.3. The summed E-state index contributed by atoms with van der Waals surface area (Å²) in [4.78, 5) is 14.6. The first-order valence-corrected chi connectivity index (χ1v) is 10.5. The highest BCUT2D eigenvalue weighted by molar-refractivity contribution is 7.99. The molecule has 1 aliphatic rings. The second-order valence-electron chi connectivity index (χ2n) is 7.07. The van der Waals surface area contributed by atoms with Crippen molar-refractivity contribution in [2.24, 2.45) is 5.92 Å². The molecule has 4 nitrogen and oxygen atoms in total. The summed E-state index contributed by atoms with van der Waals surface area (Å²) < 4.78 is 0. The summed E-state index contributed by atoms with van der Waals surface area (Å²) in [5, 5.41) is 11.8. The highest BCUT2D eigenvalue weighted by Crippen LogP contribution is 2.24. The normalized spacial score (nSPS) is 14.6. The number of anilines is 2. The van der Waals surface area contributed by atoms with E-state index in [-0.39, 0.29) is 5.91 Å². The summed E-state index contributed by atoms with van der Waals surface area (Å²) in [6, 6.07) is 17.7. The van der Waals surface area contributed by atoms with E-state index in [1.165, 1.54) is 18.5 Å². The van der Waals surface area contributed by atoms with Gasteiger partial charge in [-0.3, -0.25) is 4.79 Å². The summed E-state index contributed by atoms with van der Waals surface area (Å²) in [6.45, 7) is 4.53. The van der Waals surface area contributed by atoms with Crippen LogP contribution in [0.1, 0.15) is 30.9 Å². The van der Waals surface area contributed by atoms with Crippen molar-refractivity contribution in [1.82, 2.24) is 0 Å². The van der Waals surface area contributed by atoms with Gasteiger partial charge in [0.05, 0.1) is 17.4 Å². The molecule has 0 unspecified atom stereocenters. The van der Waals surface area contributed by atoms with E-state index >= 15 is 0 Å². The molecule has 0 aromatic heterocycles. The maximum Gasteiger partial charge on any atom is 0.234 e. The molecular weight excluding hydrogens is 354 g/mol. The number of benzene rings is 2. The Bertz CT molecular complexity index is 788. The fourth-order valence-electron chi connectivity index (χ4n) is 3.16. The second kappa shape index (κ2) is 9.48. The van der Waals surface area contributed by atoms with Crippen molar-refractivity contribution in [3.05, 3.63) is 59.7 Å². The van der Waals surface area contributed by atoms with Gasteiger partial charge in [0.25, 0.3) is 0 Å². The van der Waals surface area contributed by atoms with Crippen LogP contribution in [0.15, 0.2) is 48.5 Å². The summed E-state index contributed by atoms with van der Waals surface area (Å²) in [5.41, 5.74) is 3.85. The first-order chi connectivity index (χ1) is 13.1. The Morgan fingerprint density at radius 2 is 1.81 bits per heavy atom. The van der Waals surface area contributed by atoms with Gasteiger partial charge in [-0.05, 0) is 60.7 Å². The van der Waals surface area contributed by atoms with Crippen LogP contribution < -0.4 is 10.2 Å². The van der Waals surface area contributed by atoms with Gasteiger partial charge in [0.15, 0.2) is 0 Å². The molecule has 1 fully saturated rings. The number of nitriles is 1. The summed E-state index contributed by atoms with van der Waals surface area (Å²) in [5.74, 6) is 1.99. The van der Waals surface area contributed by atoms with Gasteiger partial charge in [0.1, 0.15) is 0 Å². The first-order valence-electron chi connectivity index (χ1n) is 9.35. The van der Waals surface area contributed by atoms with Crippen LogP contribution in [-0.2, 0) is 10.5 Å². The quantitative estimate of drug-likeness (QED) is 0.793. The van der Waals surface area contributed by atoms with Crippen LogP contribution >= 0.6 is 11.8 Å². The zero-order valence-corrected chi connectivity index (χ0v) is 16.5.